The number of nitrogens with zero attached hydrogens (tertiary/aromatic N) is 1. The average Bonchev–Trinajstić information content (AvgIpc) is 3.26. The molecule has 2 aliphatic heterocycles. The summed E-state index contributed by atoms with van der Waals surface area (Å²) in [5.41, 5.74) is 0. The predicted octanol–water partition coefficient (Wildman–Crippen LogP) is 1.32. The summed E-state index contributed by atoms with van der Waals surface area (Å²) in [7, 11) is 0. The van der Waals surface area contributed by atoms with Gasteiger partial charge < -0.3 is 15.0 Å². The first-order chi connectivity index (χ1) is 10.1. The predicted molar refractivity (Wildman–Crippen MR) is 78.6 cm³/mol. The van der Waals surface area contributed by atoms with E-state index in [-0.39, 0.29) is 18.1 Å². The Morgan fingerprint density at radius 1 is 1.38 bits per heavy atom. The second kappa shape index (κ2) is 5.95. The zero-order valence-electron chi connectivity index (χ0n) is 13.0. The summed E-state index contributed by atoms with van der Waals surface area (Å²) < 4.78 is 5.22. The second-order valence-electron chi connectivity index (χ2n) is 6.82. The SMILES string of the molecule is CC[C@@H]1CN(C(=O)C2CC2)CC[C@@H]1N[C@H]1C[C@@H](C)OC1=O. The van der Waals surface area contributed by atoms with Gasteiger partial charge in [0.1, 0.15) is 12.1 Å². The van der Waals surface area contributed by atoms with Gasteiger partial charge in [0.2, 0.25) is 5.91 Å². The van der Waals surface area contributed by atoms with Gasteiger partial charge in [-0.15, -0.1) is 0 Å². The molecule has 1 saturated carbocycles. The molecule has 21 heavy (non-hydrogen) atoms. The van der Waals surface area contributed by atoms with Crippen molar-refractivity contribution in [2.24, 2.45) is 11.8 Å². The molecule has 0 aromatic rings. The van der Waals surface area contributed by atoms with Gasteiger partial charge in [-0.1, -0.05) is 13.3 Å². The number of piperidine rings is 1. The van der Waals surface area contributed by atoms with Crippen LogP contribution in [0.4, 0.5) is 0 Å². The molecule has 5 nitrogen and oxygen atoms in total. The maximum absolute atomic E-state index is 12.2. The largest absolute Gasteiger partial charge is 0.461 e. The molecule has 4 atom stereocenters. The first-order valence-corrected chi connectivity index (χ1v) is 8.33. The Balaban J connectivity index is 1.56. The molecular formula is C16H26N2O3. The summed E-state index contributed by atoms with van der Waals surface area (Å²) in [5.74, 6) is 0.970. The molecule has 2 heterocycles. The van der Waals surface area contributed by atoms with E-state index in [0.717, 1.165) is 45.2 Å². The molecule has 5 heteroatoms. The molecule has 3 rings (SSSR count). The van der Waals surface area contributed by atoms with Crippen LogP contribution in [0.3, 0.4) is 0 Å². The maximum atomic E-state index is 12.2. The van der Waals surface area contributed by atoms with Crippen LogP contribution in [-0.2, 0) is 14.3 Å². The zero-order valence-corrected chi connectivity index (χ0v) is 13.0. The van der Waals surface area contributed by atoms with Crippen LogP contribution in [0.5, 0.6) is 0 Å². The van der Waals surface area contributed by atoms with E-state index in [4.69, 9.17) is 4.74 Å². The minimum Gasteiger partial charge on any atom is -0.461 e. The van der Waals surface area contributed by atoms with Gasteiger partial charge in [-0.25, -0.2) is 0 Å². The molecule has 0 aromatic heterocycles. The van der Waals surface area contributed by atoms with E-state index in [1.807, 2.05) is 11.8 Å². The van der Waals surface area contributed by atoms with Crippen LogP contribution in [0.25, 0.3) is 0 Å². The number of amides is 1. The van der Waals surface area contributed by atoms with E-state index in [1.54, 1.807) is 0 Å². The number of esters is 1. The number of rotatable bonds is 4. The molecule has 118 valence electrons. The summed E-state index contributed by atoms with van der Waals surface area (Å²) in [6, 6.07) is 0.158. The van der Waals surface area contributed by atoms with Gasteiger partial charge in [0, 0.05) is 31.5 Å². The highest BCUT2D eigenvalue weighted by Crippen LogP contribution is 2.33. The molecule has 1 aliphatic carbocycles. The Morgan fingerprint density at radius 2 is 2.14 bits per heavy atom. The molecule has 0 bridgehead atoms. The van der Waals surface area contributed by atoms with E-state index >= 15 is 0 Å². The van der Waals surface area contributed by atoms with Crippen LogP contribution in [-0.4, -0.2) is 48.1 Å². The van der Waals surface area contributed by atoms with Crippen LogP contribution < -0.4 is 5.32 Å². The highest BCUT2D eigenvalue weighted by atomic mass is 16.6. The molecule has 3 fully saturated rings. The maximum Gasteiger partial charge on any atom is 0.323 e. The van der Waals surface area contributed by atoms with Gasteiger partial charge >= 0.3 is 5.97 Å². The summed E-state index contributed by atoms with van der Waals surface area (Å²) in [6.07, 6.45) is 4.89. The van der Waals surface area contributed by atoms with E-state index in [2.05, 4.69) is 12.2 Å². The fourth-order valence-corrected chi connectivity index (χ4v) is 3.61. The molecule has 0 radical (unpaired) electrons. The zero-order chi connectivity index (χ0) is 15.0. The fourth-order valence-electron chi connectivity index (χ4n) is 3.61. The lowest BCUT2D eigenvalue weighted by Gasteiger charge is -2.39. The summed E-state index contributed by atoms with van der Waals surface area (Å²) >= 11 is 0. The Kier molecular flexibility index (Phi) is 4.20. The van der Waals surface area contributed by atoms with E-state index in [9.17, 15) is 9.59 Å². The Bertz CT molecular complexity index is 422. The third kappa shape index (κ3) is 3.23. The topological polar surface area (TPSA) is 58.6 Å². The molecule has 1 amide bonds. The molecule has 0 aromatic carbocycles. The van der Waals surface area contributed by atoms with E-state index < -0.39 is 0 Å². The van der Waals surface area contributed by atoms with Crippen LogP contribution >= 0.6 is 0 Å². The van der Waals surface area contributed by atoms with Crippen molar-refractivity contribution in [3.05, 3.63) is 0 Å². The number of hydrogen-bond acceptors (Lipinski definition) is 4. The number of nitrogens with one attached hydrogen (secondary N) is 1. The number of cyclic esters (lactones) is 1. The normalized spacial score (nSPS) is 36.7. The number of ether oxygens (including phenoxy) is 1. The van der Waals surface area contributed by atoms with Crippen LogP contribution in [0, 0.1) is 11.8 Å². The number of carbonyl (C=O) groups excluding carboxylic acids is 2. The second-order valence-corrected chi connectivity index (χ2v) is 6.82. The third-order valence-electron chi connectivity index (χ3n) is 5.08. The van der Waals surface area contributed by atoms with Crippen molar-refractivity contribution in [3.8, 4) is 0 Å². The van der Waals surface area contributed by atoms with Crippen molar-refractivity contribution in [1.82, 2.24) is 10.2 Å². The first kappa shape index (κ1) is 14.8. The Morgan fingerprint density at radius 3 is 2.71 bits per heavy atom. The molecule has 3 aliphatic rings. The minimum atomic E-state index is -0.162. The van der Waals surface area contributed by atoms with Crippen molar-refractivity contribution in [3.63, 3.8) is 0 Å². The van der Waals surface area contributed by atoms with Gasteiger partial charge in [-0.3, -0.25) is 9.59 Å². The van der Waals surface area contributed by atoms with Crippen molar-refractivity contribution < 1.29 is 14.3 Å². The molecule has 1 N–H and O–H groups in total. The average molecular weight is 294 g/mol. The lowest BCUT2D eigenvalue weighted by Crippen LogP contribution is -2.54. The number of likely N-dealkylation sites (tertiary alicyclic amines) is 1. The monoisotopic (exact) mass is 294 g/mol. The highest BCUT2D eigenvalue weighted by Gasteiger charge is 2.40. The molecule has 0 spiro atoms. The number of carbonyl (C=O) groups is 2. The van der Waals surface area contributed by atoms with Gasteiger partial charge in [-0.2, -0.15) is 0 Å². The summed E-state index contributed by atoms with van der Waals surface area (Å²) in [4.78, 5) is 26.0. The van der Waals surface area contributed by atoms with E-state index in [1.165, 1.54) is 0 Å². The van der Waals surface area contributed by atoms with Crippen molar-refractivity contribution >= 4 is 11.9 Å². The van der Waals surface area contributed by atoms with Crippen LogP contribution in [0.2, 0.25) is 0 Å². The highest BCUT2D eigenvalue weighted by molar-refractivity contribution is 5.81. The molecule has 2 saturated heterocycles. The van der Waals surface area contributed by atoms with Gasteiger partial charge in [-0.05, 0) is 32.1 Å². The van der Waals surface area contributed by atoms with Crippen molar-refractivity contribution in [1.29, 1.82) is 0 Å². The minimum absolute atomic E-state index is 0.0200. The quantitative estimate of drug-likeness (QED) is 0.794. The van der Waals surface area contributed by atoms with Crippen molar-refractivity contribution in [2.45, 2.75) is 64.1 Å². The Hall–Kier alpha value is -1.10. The fraction of sp³-hybridized carbons (Fsp3) is 0.875. The standard InChI is InChI=1S/C16H26N2O3/c1-3-11-9-18(15(19)12-4-5-12)7-6-13(11)17-14-8-10(2)21-16(14)20/h10-14,17H,3-9H2,1-2H3/t10-,11-,13+,14+/m1/s1. The lowest BCUT2D eigenvalue weighted by atomic mass is 9.89. The number of hydrogen-bond donors (Lipinski definition) is 1. The summed E-state index contributed by atoms with van der Waals surface area (Å²) in [5, 5.41) is 3.49. The first-order valence-electron chi connectivity index (χ1n) is 8.33. The van der Waals surface area contributed by atoms with Gasteiger partial charge in [0.25, 0.3) is 0 Å². The summed E-state index contributed by atoms with van der Waals surface area (Å²) in [6.45, 7) is 5.76. The third-order valence-corrected chi connectivity index (χ3v) is 5.08. The van der Waals surface area contributed by atoms with Crippen molar-refractivity contribution in [2.75, 3.05) is 13.1 Å². The molecule has 0 unspecified atom stereocenters. The Labute approximate surface area is 126 Å². The smallest absolute Gasteiger partial charge is 0.323 e. The lowest BCUT2D eigenvalue weighted by molar-refractivity contribution is -0.143. The molecular weight excluding hydrogens is 268 g/mol. The van der Waals surface area contributed by atoms with E-state index in [0.29, 0.717) is 23.8 Å². The van der Waals surface area contributed by atoms with Gasteiger partial charge in [0.05, 0.1) is 0 Å². The van der Waals surface area contributed by atoms with Crippen LogP contribution in [0.15, 0.2) is 0 Å². The van der Waals surface area contributed by atoms with Crippen LogP contribution in [0.1, 0.15) is 46.0 Å². The van der Waals surface area contributed by atoms with Gasteiger partial charge in [0.15, 0.2) is 0 Å².